The fourth-order valence-electron chi connectivity index (χ4n) is 3.48. The number of aromatic nitrogens is 2. The fourth-order valence-corrected chi connectivity index (χ4v) is 3.48. The van der Waals surface area contributed by atoms with Gasteiger partial charge in [-0.3, -0.25) is 0 Å². The topological polar surface area (TPSA) is 88.8 Å². The minimum atomic E-state index is -0.869. The van der Waals surface area contributed by atoms with Gasteiger partial charge in [0.05, 0.1) is 38.2 Å². The van der Waals surface area contributed by atoms with Gasteiger partial charge < -0.3 is 30.3 Å². The first-order chi connectivity index (χ1) is 12.7. The molecule has 0 bridgehead atoms. The number of dihydropyridines is 1. The van der Waals surface area contributed by atoms with Crippen molar-refractivity contribution in [1.29, 1.82) is 0 Å². The Kier molecular flexibility index (Phi) is 4.80. The van der Waals surface area contributed by atoms with Gasteiger partial charge in [0.15, 0.2) is 5.66 Å². The van der Waals surface area contributed by atoms with E-state index in [1.165, 1.54) is 0 Å². The minimum absolute atomic E-state index is 0.299. The standard InChI is InChI=1S/C18H26N6O2/c1-14-13-26-12-9-24(14)16-3-2-5-18(19,22-16)15-4-6-20-17(21-15)23-7-10-25-11-8-23/h2-6,14,22H,7-13,19H2,1H3. The molecule has 2 unspecified atom stereocenters. The van der Waals surface area contributed by atoms with Crippen LogP contribution in [0.25, 0.3) is 0 Å². The van der Waals surface area contributed by atoms with E-state index < -0.39 is 5.66 Å². The SMILES string of the molecule is CC1COCCN1C1=CC=CC(N)(c2ccnc(N3CCOCC3)n2)N1. The second kappa shape index (κ2) is 7.22. The zero-order valence-corrected chi connectivity index (χ0v) is 15.1. The minimum Gasteiger partial charge on any atom is -0.378 e. The smallest absolute Gasteiger partial charge is 0.225 e. The largest absolute Gasteiger partial charge is 0.378 e. The molecule has 0 aromatic carbocycles. The summed E-state index contributed by atoms with van der Waals surface area (Å²) in [6.07, 6.45) is 7.75. The maximum atomic E-state index is 6.69. The Morgan fingerprint density at radius 3 is 2.85 bits per heavy atom. The summed E-state index contributed by atoms with van der Waals surface area (Å²) < 4.78 is 11.0. The zero-order valence-electron chi connectivity index (χ0n) is 15.1. The van der Waals surface area contributed by atoms with Crippen molar-refractivity contribution in [2.45, 2.75) is 18.6 Å². The van der Waals surface area contributed by atoms with E-state index in [0.29, 0.717) is 25.2 Å². The fraction of sp³-hybridized carbons (Fsp3) is 0.556. The van der Waals surface area contributed by atoms with Crippen molar-refractivity contribution in [3.8, 4) is 0 Å². The van der Waals surface area contributed by atoms with Gasteiger partial charge in [-0.05, 0) is 25.1 Å². The highest BCUT2D eigenvalue weighted by molar-refractivity contribution is 5.36. The molecule has 3 aliphatic heterocycles. The Hall–Kier alpha value is -2.16. The molecule has 0 aliphatic carbocycles. The normalized spacial score (nSPS) is 29.3. The van der Waals surface area contributed by atoms with Crippen molar-refractivity contribution in [3.05, 3.63) is 42.0 Å². The van der Waals surface area contributed by atoms with Gasteiger partial charge in [0.25, 0.3) is 0 Å². The highest BCUT2D eigenvalue weighted by atomic mass is 16.5. The van der Waals surface area contributed by atoms with E-state index in [0.717, 1.165) is 44.4 Å². The van der Waals surface area contributed by atoms with E-state index in [2.05, 4.69) is 33.1 Å². The van der Waals surface area contributed by atoms with Crippen molar-refractivity contribution >= 4 is 5.95 Å². The van der Waals surface area contributed by atoms with E-state index >= 15 is 0 Å². The predicted molar refractivity (Wildman–Crippen MR) is 98.3 cm³/mol. The molecule has 0 radical (unpaired) electrons. The van der Waals surface area contributed by atoms with Crippen LogP contribution in [0.15, 0.2) is 36.3 Å². The van der Waals surface area contributed by atoms with Crippen LogP contribution in [0.4, 0.5) is 5.95 Å². The maximum absolute atomic E-state index is 6.69. The molecular weight excluding hydrogens is 332 g/mol. The first-order valence-electron chi connectivity index (χ1n) is 9.13. The predicted octanol–water partition coefficient (Wildman–Crippen LogP) is 0.146. The van der Waals surface area contributed by atoms with Crippen LogP contribution < -0.4 is 16.0 Å². The summed E-state index contributed by atoms with van der Waals surface area (Å²) in [6, 6.07) is 2.17. The number of nitrogens with zero attached hydrogens (tertiary/aromatic N) is 4. The van der Waals surface area contributed by atoms with Gasteiger partial charge in [0.1, 0.15) is 5.82 Å². The van der Waals surface area contributed by atoms with Crippen LogP contribution in [0.5, 0.6) is 0 Å². The molecular formula is C18H26N6O2. The Balaban J connectivity index is 1.55. The second-order valence-electron chi connectivity index (χ2n) is 6.86. The van der Waals surface area contributed by atoms with E-state index in [-0.39, 0.29) is 0 Å². The summed E-state index contributed by atoms with van der Waals surface area (Å²) in [4.78, 5) is 13.6. The molecule has 4 rings (SSSR count). The Bertz CT molecular complexity index is 703. The molecule has 2 fully saturated rings. The number of rotatable bonds is 3. The van der Waals surface area contributed by atoms with Gasteiger partial charge in [-0.1, -0.05) is 6.08 Å². The Morgan fingerprint density at radius 1 is 1.23 bits per heavy atom. The van der Waals surface area contributed by atoms with Crippen molar-refractivity contribution in [2.24, 2.45) is 5.73 Å². The molecule has 4 heterocycles. The number of hydrogen-bond acceptors (Lipinski definition) is 8. The third kappa shape index (κ3) is 3.40. The van der Waals surface area contributed by atoms with Crippen molar-refractivity contribution in [2.75, 3.05) is 51.0 Å². The third-order valence-corrected chi connectivity index (χ3v) is 4.99. The number of allylic oxidation sites excluding steroid dienone is 2. The van der Waals surface area contributed by atoms with E-state index in [4.69, 9.17) is 20.2 Å². The average molecular weight is 358 g/mol. The molecule has 3 N–H and O–H groups in total. The van der Waals surface area contributed by atoms with Gasteiger partial charge in [0.2, 0.25) is 5.95 Å². The van der Waals surface area contributed by atoms with Crippen molar-refractivity contribution < 1.29 is 9.47 Å². The average Bonchev–Trinajstić information content (AvgIpc) is 2.69. The summed E-state index contributed by atoms with van der Waals surface area (Å²) in [6.45, 7) is 7.41. The third-order valence-electron chi connectivity index (χ3n) is 4.99. The lowest BCUT2D eigenvalue weighted by Gasteiger charge is -2.41. The maximum Gasteiger partial charge on any atom is 0.225 e. The van der Waals surface area contributed by atoms with E-state index in [9.17, 15) is 0 Å². The lowest BCUT2D eigenvalue weighted by atomic mass is 10.0. The molecule has 2 saturated heterocycles. The Labute approximate surface area is 153 Å². The van der Waals surface area contributed by atoms with Gasteiger partial charge in [0, 0.05) is 25.8 Å². The Morgan fingerprint density at radius 2 is 2.04 bits per heavy atom. The van der Waals surface area contributed by atoms with Gasteiger partial charge in [-0.15, -0.1) is 0 Å². The first-order valence-corrected chi connectivity index (χ1v) is 9.13. The molecule has 140 valence electrons. The number of ether oxygens (including phenoxy) is 2. The molecule has 3 aliphatic rings. The number of morpholine rings is 2. The van der Waals surface area contributed by atoms with Crippen LogP contribution in [0.2, 0.25) is 0 Å². The van der Waals surface area contributed by atoms with Crippen LogP contribution in [0, 0.1) is 0 Å². The quantitative estimate of drug-likeness (QED) is 0.789. The molecule has 26 heavy (non-hydrogen) atoms. The van der Waals surface area contributed by atoms with Gasteiger partial charge in [-0.25, -0.2) is 9.97 Å². The lowest BCUT2D eigenvalue weighted by molar-refractivity contribution is 0.0113. The van der Waals surface area contributed by atoms with E-state index in [1.807, 2.05) is 18.2 Å². The summed E-state index contributed by atoms with van der Waals surface area (Å²) in [5.41, 5.74) is 6.57. The number of anilines is 1. The summed E-state index contributed by atoms with van der Waals surface area (Å²) >= 11 is 0. The molecule has 8 nitrogen and oxygen atoms in total. The van der Waals surface area contributed by atoms with Crippen molar-refractivity contribution in [3.63, 3.8) is 0 Å². The molecule has 1 aromatic rings. The number of hydrogen-bond donors (Lipinski definition) is 2. The summed E-state index contributed by atoms with van der Waals surface area (Å²) in [5.74, 6) is 1.69. The van der Waals surface area contributed by atoms with Crippen LogP contribution in [0.1, 0.15) is 12.6 Å². The van der Waals surface area contributed by atoms with Crippen LogP contribution in [-0.4, -0.2) is 67.0 Å². The molecule has 1 aromatic heterocycles. The molecule has 0 saturated carbocycles. The van der Waals surface area contributed by atoms with Gasteiger partial charge in [-0.2, -0.15) is 0 Å². The monoisotopic (exact) mass is 358 g/mol. The molecule has 0 amide bonds. The van der Waals surface area contributed by atoms with Crippen LogP contribution in [-0.2, 0) is 15.1 Å². The molecule has 0 spiro atoms. The molecule has 8 heteroatoms. The van der Waals surface area contributed by atoms with Crippen LogP contribution in [0.3, 0.4) is 0 Å². The molecule has 2 atom stereocenters. The zero-order chi connectivity index (χ0) is 18.0. The summed E-state index contributed by atoms with van der Waals surface area (Å²) in [7, 11) is 0. The first kappa shape index (κ1) is 17.3. The highest BCUT2D eigenvalue weighted by Gasteiger charge is 2.32. The summed E-state index contributed by atoms with van der Waals surface area (Å²) in [5, 5.41) is 3.47. The van der Waals surface area contributed by atoms with Crippen LogP contribution >= 0.6 is 0 Å². The second-order valence-corrected chi connectivity index (χ2v) is 6.86. The number of nitrogens with one attached hydrogen (secondary N) is 1. The van der Waals surface area contributed by atoms with Crippen molar-refractivity contribution in [1.82, 2.24) is 20.2 Å². The highest BCUT2D eigenvalue weighted by Crippen LogP contribution is 2.24. The lowest BCUT2D eigenvalue weighted by Crippen LogP contribution is -2.56. The van der Waals surface area contributed by atoms with Gasteiger partial charge >= 0.3 is 0 Å². The number of nitrogens with two attached hydrogens (primary N) is 1. The van der Waals surface area contributed by atoms with E-state index in [1.54, 1.807) is 6.20 Å².